The number of carboxylic acids is 1. The highest BCUT2D eigenvalue weighted by Gasteiger charge is 2.18. The van der Waals surface area contributed by atoms with Crippen LogP contribution in [0.2, 0.25) is 0 Å². The van der Waals surface area contributed by atoms with Crippen molar-refractivity contribution in [3.8, 4) is 11.3 Å². The summed E-state index contributed by atoms with van der Waals surface area (Å²) in [5.74, 6) is -1.07. The number of rotatable bonds is 4. The Kier molecular flexibility index (Phi) is 4.64. The zero-order valence-electron chi connectivity index (χ0n) is 13.0. The highest BCUT2D eigenvalue weighted by molar-refractivity contribution is 5.85. The Bertz CT molecular complexity index is 664. The highest BCUT2D eigenvalue weighted by atomic mass is 16.5. The minimum absolute atomic E-state index is 0.0497. The summed E-state index contributed by atoms with van der Waals surface area (Å²) in [5, 5.41) is 8.85. The maximum atomic E-state index is 10.8. The maximum absolute atomic E-state index is 10.8. The molecule has 2 aromatic rings. The van der Waals surface area contributed by atoms with Gasteiger partial charge in [0.25, 0.3) is 0 Å². The topological polar surface area (TPSA) is 75.5 Å². The van der Waals surface area contributed by atoms with Crippen molar-refractivity contribution in [3.63, 3.8) is 0 Å². The summed E-state index contributed by atoms with van der Waals surface area (Å²) in [7, 11) is 0. The maximum Gasteiger partial charge on any atom is 0.356 e. The Morgan fingerprint density at radius 2 is 1.87 bits per heavy atom. The average molecular weight is 313 g/mol. The quantitative estimate of drug-likeness (QED) is 0.933. The van der Waals surface area contributed by atoms with E-state index in [0.717, 1.165) is 31.9 Å². The summed E-state index contributed by atoms with van der Waals surface area (Å²) in [4.78, 5) is 21.3. The highest BCUT2D eigenvalue weighted by Crippen LogP contribution is 2.24. The summed E-state index contributed by atoms with van der Waals surface area (Å²) in [6, 6.07) is 8.51. The minimum atomic E-state index is -1.07. The zero-order valence-corrected chi connectivity index (χ0v) is 13.0. The van der Waals surface area contributed by atoms with Crippen molar-refractivity contribution in [1.29, 1.82) is 0 Å². The molecule has 6 nitrogen and oxygen atoms in total. The monoisotopic (exact) mass is 313 g/mol. The first kappa shape index (κ1) is 15.6. The largest absolute Gasteiger partial charge is 0.476 e. The van der Waals surface area contributed by atoms with Crippen molar-refractivity contribution in [2.45, 2.75) is 13.0 Å². The zero-order chi connectivity index (χ0) is 16.2. The van der Waals surface area contributed by atoms with E-state index in [1.165, 1.54) is 18.0 Å². The number of ether oxygens (including phenoxy) is 1. The standard InChI is InChI=1S/C17H19N3O3/c1-12(20-6-8-23-9-7-20)13-2-4-14(5-3-13)15-10-19-16(11-18-15)17(21)22/h2-5,10-12H,6-9H2,1H3,(H,21,22)/t12-/m0/s1. The van der Waals surface area contributed by atoms with E-state index in [-0.39, 0.29) is 5.69 Å². The van der Waals surface area contributed by atoms with Gasteiger partial charge in [0.15, 0.2) is 5.69 Å². The normalized spacial score (nSPS) is 16.9. The molecule has 0 radical (unpaired) electrons. The lowest BCUT2D eigenvalue weighted by Crippen LogP contribution is -2.37. The van der Waals surface area contributed by atoms with Crippen LogP contribution >= 0.6 is 0 Å². The second kappa shape index (κ2) is 6.85. The summed E-state index contributed by atoms with van der Waals surface area (Å²) < 4.78 is 5.39. The van der Waals surface area contributed by atoms with Gasteiger partial charge >= 0.3 is 5.97 Å². The van der Waals surface area contributed by atoms with Crippen molar-refractivity contribution in [1.82, 2.24) is 14.9 Å². The number of nitrogens with zero attached hydrogens (tertiary/aromatic N) is 3. The SMILES string of the molecule is C[C@@H](c1ccc(-c2cnc(C(=O)O)cn2)cc1)N1CCOCC1. The second-order valence-electron chi connectivity index (χ2n) is 5.54. The Morgan fingerprint density at radius 1 is 1.17 bits per heavy atom. The van der Waals surface area contributed by atoms with Gasteiger partial charge in [-0.1, -0.05) is 24.3 Å². The number of carbonyl (C=O) groups is 1. The third-order valence-electron chi connectivity index (χ3n) is 4.15. The van der Waals surface area contributed by atoms with Crippen LogP contribution in [-0.4, -0.2) is 52.2 Å². The lowest BCUT2D eigenvalue weighted by molar-refractivity contribution is 0.0198. The van der Waals surface area contributed by atoms with Gasteiger partial charge in [-0.2, -0.15) is 0 Å². The van der Waals surface area contributed by atoms with Crippen molar-refractivity contribution >= 4 is 5.97 Å². The molecular formula is C17H19N3O3. The molecule has 1 aromatic carbocycles. The number of morpholine rings is 1. The lowest BCUT2D eigenvalue weighted by atomic mass is 10.0. The third-order valence-corrected chi connectivity index (χ3v) is 4.15. The van der Waals surface area contributed by atoms with E-state index in [0.29, 0.717) is 11.7 Å². The molecule has 1 atom stereocenters. The molecule has 0 bridgehead atoms. The van der Waals surface area contributed by atoms with E-state index in [9.17, 15) is 4.79 Å². The molecule has 3 rings (SSSR count). The molecule has 2 heterocycles. The number of aromatic carboxylic acids is 1. The van der Waals surface area contributed by atoms with E-state index < -0.39 is 5.97 Å². The predicted molar refractivity (Wildman–Crippen MR) is 85.2 cm³/mol. The van der Waals surface area contributed by atoms with Crippen LogP contribution in [0.4, 0.5) is 0 Å². The van der Waals surface area contributed by atoms with Crippen LogP contribution in [-0.2, 0) is 4.74 Å². The molecule has 1 aliphatic heterocycles. The van der Waals surface area contributed by atoms with E-state index in [1.807, 2.05) is 12.1 Å². The molecule has 1 aliphatic rings. The lowest BCUT2D eigenvalue weighted by Gasteiger charge is -2.32. The van der Waals surface area contributed by atoms with Gasteiger partial charge in [0, 0.05) is 24.7 Å². The van der Waals surface area contributed by atoms with Crippen LogP contribution in [0, 0.1) is 0 Å². The van der Waals surface area contributed by atoms with Crippen LogP contribution in [0.5, 0.6) is 0 Å². The third kappa shape index (κ3) is 3.55. The smallest absolute Gasteiger partial charge is 0.356 e. The molecule has 1 N–H and O–H groups in total. The minimum Gasteiger partial charge on any atom is -0.476 e. The molecule has 0 aliphatic carbocycles. The van der Waals surface area contributed by atoms with E-state index in [1.54, 1.807) is 0 Å². The van der Waals surface area contributed by atoms with Gasteiger partial charge in [-0.05, 0) is 12.5 Å². The fourth-order valence-corrected chi connectivity index (χ4v) is 2.70. The second-order valence-corrected chi connectivity index (χ2v) is 5.54. The Labute approximate surface area is 134 Å². The molecule has 1 fully saturated rings. The number of carboxylic acid groups (broad SMARTS) is 1. The van der Waals surface area contributed by atoms with Crippen LogP contribution in [0.1, 0.15) is 29.0 Å². The Morgan fingerprint density at radius 3 is 2.43 bits per heavy atom. The Balaban J connectivity index is 1.74. The molecular weight excluding hydrogens is 294 g/mol. The van der Waals surface area contributed by atoms with Gasteiger partial charge in [0.1, 0.15) is 0 Å². The average Bonchev–Trinajstić information content (AvgIpc) is 2.62. The molecule has 1 aromatic heterocycles. The summed E-state index contributed by atoms with van der Waals surface area (Å²) in [5.41, 5.74) is 2.78. The van der Waals surface area contributed by atoms with Gasteiger partial charge in [-0.15, -0.1) is 0 Å². The summed E-state index contributed by atoms with van der Waals surface area (Å²) in [6.07, 6.45) is 2.77. The van der Waals surface area contributed by atoms with E-state index in [2.05, 4.69) is 33.9 Å². The molecule has 0 saturated carbocycles. The van der Waals surface area contributed by atoms with Crippen LogP contribution in [0.25, 0.3) is 11.3 Å². The predicted octanol–water partition coefficient (Wildman–Crippen LogP) is 2.23. The number of aromatic nitrogens is 2. The number of hydrogen-bond donors (Lipinski definition) is 1. The van der Waals surface area contributed by atoms with E-state index in [4.69, 9.17) is 9.84 Å². The molecule has 0 amide bonds. The first-order chi connectivity index (χ1) is 11.1. The van der Waals surface area contributed by atoms with Crippen molar-refractivity contribution < 1.29 is 14.6 Å². The van der Waals surface area contributed by atoms with Crippen molar-refractivity contribution in [2.75, 3.05) is 26.3 Å². The first-order valence-corrected chi connectivity index (χ1v) is 7.62. The summed E-state index contributed by atoms with van der Waals surface area (Å²) >= 11 is 0. The molecule has 0 spiro atoms. The molecule has 1 saturated heterocycles. The summed E-state index contributed by atoms with van der Waals surface area (Å²) in [6.45, 7) is 5.67. The van der Waals surface area contributed by atoms with Gasteiger partial charge in [0.05, 0.1) is 31.3 Å². The fourth-order valence-electron chi connectivity index (χ4n) is 2.70. The van der Waals surface area contributed by atoms with Gasteiger partial charge < -0.3 is 9.84 Å². The van der Waals surface area contributed by atoms with Gasteiger partial charge in [-0.3, -0.25) is 9.88 Å². The number of hydrogen-bond acceptors (Lipinski definition) is 5. The fraction of sp³-hybridized carbons (Fsp3) is 0.353. The molecule has 6 heteroatoms. The first-order valence-electron chi connectivity index (χ1n) is 7.62. The van der Waals surface area contributed by atoms with Crippen LogP contribution in [0.3, 0.4) is 0 Å². The Hall–Kier alpha value is -2.31. The number of benzene rings is 1. The molecule has 120 valence electrons. The molecule has 0 unspecified atom stereocenters. The van der Waals surface area contributed by atoms with Crippen LogP contribution < -0.4 is 0 Å². The van der Waals surface area contributed by atoms with Crippen LogP contribution in [0.15, 0.2) is 36.7 Å². The van der Waals surface area contributed by atoms with Gasteiger partial charge in [0.2, 0.25) is 0 Å². The van der Waals surface area contributed by atoms with Crippen molar-refractivity contribution in [2.24, 2.45) is 0 Å². The van der Waals surface area contributed by atoms with Crippen molar-refractivity contribution in [3.05, 3.63) is 47.9 Å². The van der Waals surface area contributed by atoms with Gasteiger partial charge in [-0.25, -0.2) is 9.78 Å². The van der Waals surface area contributed by atoms with E-state index >= 15 is 0 Å². The molecule has 23 heavy (non-hydrogen) atoms.